The molecule has 0 spiro atoms. The Hall–Kier alpha value is -1.80. The molecule has 2 heteroatoms. The molecule has 0 saturated heterocycles. The molecular weight excluding hydrogens is 246 g/mol. The molecule has 0 aliphatic rings. The van der Waals surface area contributed by atoms with Crippen molar-refractivity contribution in [2.24, 2.45) is 5.73 Å². The van der Waals surface area contributed by atoms with Crippen LogP contribution >= 0.6 is 0 Å². The zero-order valence-electron chi connectivity index (χ0n) is 12.5. The first kappa shape index (κ1) is 14.6. The zero-order chi connectivity index (χ0) is 14.5. The van der Waals surface area contributed by atoms with Crippen molar-refractivity contribution in [1.29, 1.82) is 0 Å². The van der Waals surface area contributed by atoms with E-state index in [1.54, 1.807) is 0 Å². The fraction of sp³-hybridized carbons (Fsp3) is 0.333. The van der Waals surface area contributed by atoms with Crippen molar-refractivity contribution in [3.8, 4) is 5.75 Å². The Morgan fingerprint density at radius 3 is 2.25 bits per heavy atom. The van der Waals surface area contributed by atoms with Gasteiger partial charge in [-0.15, -0.1) is 0 Å². The summed E-state index contributed by atoms with van der Waals surface area (Å²) < 4.78 is 5.83. The van der Waals surface area contributed by atoms with Gasteiger partial charge in [0.25, 0.3) is 0 Å². The highest BCUT2D eigenvalue weighted by molar-refractivity contribution is 5.31. The Morgan fingerprint density at radius 2 is 1.65 bits per heavy atom. The molecule has 0 bridgehead atoms. The van der Waals surface area contributed by atoms with Crippen LogP contribution in [-0.4, -0.2) is 0 Å². The Labute approximate surface area is 121 Å². The minimum Gasteiger partial charge on any atom is -0.489 e. The Morgan fingerprint density at radius 1 is 0.950 bits per heavy atom. The number of hydrogen-bond acceptors (Lipinski definition) is 2. The first-order valence-corrected chi connectivity index (χ1v) is 7.13. The van der Waals surface area contributed by atoms with Crippen molar-refractivity contribution < 1.29 is 4.74 Å². The largest absolute Gasteiger partial charge is 0.489 e. The van der Waals surface area contributed by atoms with Crippen molar-refractivity contribution in [3.63, 3.8) is 0 Å². The molecule has 2 nitrogen and oxygen atoms in total. The van der Waals surface area contributed by atoms with Gasteiger partial charge in [-0.3, -0.25) is 0 Å². The van der Waals surface area contributed by atoms with Crippen LogP contribution in [0.2, 0.25) is 0 Å². The van der Waals surface area contributed by atoms with Gasteiger partial charge in [-0.1, -0.05) is 50.2 Å². The molecule has 2 aromatic rings. The summed E-state index contributed by atoms with van der Waals surface area (Å²) >= 11 is 0. The van der Waals surface area contributed by atoms with Crippen molar-refractivity contribution >= 4 is 0 Å². The molecule has 0 aliphatic carbocycles. The third kappa shape index (κ3) is 3.84. The molecule has 0 saturated carbocycles. The van der Waals surface area contributed by atoms with Gasteiger partial charge in [0.2, 0.25) is 0 Å². The van der Waals surface area contributed by atoms with E-state index in [1.807, 2.05) is 31.2 Å². The van der Waals surface area contributed by atoms with Gasteiger partial charge in [0, 0.05) is 6.04 Å². The maximum absolute atomic E-state index is 5.88. The van der Waals surface area contributed by atoms with Gasteiger partial charge in [-0.25, -0.2) is 0 Å². The van der Waals surface area contributed by atoms with E-state index in [0.29, 0.717) is 12.5 Å². The standard InChI is InChI=1S/C18H23NO/c1-13(2)16-9-7-15(8-10-16)12-20-18-6-4-5-17(11-18)14(3)19/h4-11,13-14H,12,19H2,1-3H3. The lowest BCUT2D eigenvalue weighted by Gasteiger charge is -2.11. The van der Waals surface area contributed by atoms with Crippen molar-refractivity contribution in [2.45, 2.75) is 39.3 Å². The van der Waals surface area contributed by atoms with Crippen LogP contribution in [0, 0.1) is 0 Å². The summed E-state index contributed by atoms with van der Waals surface area (Å²) in [5, 5.41) is 0. The van der Waals surface area contributed by atoms with Crippen LogP contribution in [0.25, 0.3) is 0 Å². The van der Waals surface area contributed by atoms with E-state index < -0.39 is 0 Å². The second-order valence-corrected chi connectivity index (χ2v) is 5.55. The highest BCUT2D eigenvalue weighted by atomic mass is 16.5. The van der Waals surface area contributed by atoms with E-state index in [1.165, 1.54) is 11.1 Å². The summed E-state index contributed by atoms with van der Waals surface area (Å²) in [5.74, 6) is 1.43. The lowest BCUT2D eigenvalue weighted by molar-refractivity contribution is 0.305. The first-order chi connectivity index (χ1) is 9.56. The maximum Gasteiger partial charge on any atom is 0.120 e. The van der Waals surface area contributed by atoms with Crippen molar-refractivity contribution in [3.05, 3.63) is 65.2 Å². The minimum atomic E-state index is 0.0314. The average Bonchev–Trinajstić information content (AvgIpc) is 2.46. The lowest BCUT2D eigenvalue weighted by Crippen LogP contribution is -2.05. The van der Waals surface area contributed by atoms with Crippen molar-refractivity contribution in [1.82, 2.24) is 0 Å². The van der Waals surface area contributed by atoms with Gasteiger partial charge in [0.1, 0.15) is 12.4 Å². The molecule has 20 heavy (non-hydrogen) atoms. The van der Waals surface area contributed by atoms with Crippen LogP contribution in [0.3, 0.4) is 0 Å². The molecule has 2 N–H and O–H groups in total. The summed E-state index contributed by atoms with van der Waals surface area (Å²) in [6, 6.07) is 16.6. The van der Waals surface area contributed by atoms with E-state index in [-0.39, 0.29) is 6.04 Å². The van der Waals surface area contributed by atoms with Gasteiger partial charge in [-0.05, 0) is 41.7 Å². The molecule has 0 fully saturated rings. The highest BCUT2D eigenvalue weighted by Gasteiger charge is 2.02. The summed E-state index contributed by atoms with van der Waals surface area (Å²) in [6.45, 7) is 6.96. The molecule has 2 rings (SSSR count). The molecule has 0 aliphatic heterocycles. The summed E-state index contributed by atoms with van der Waals surface area (Å²) in [4.78, 5) is 0. The molecule has 106 valence electrons. The average molecular weight is 269 g/mol. The number of benzene rings is 2. The van der Waals surface area contributed by atoms with Crippen LogP contribution in [0.5, 0.6) is 5.75 Å². The molecule has 2 aromatic carbocycles. The van der Waals surface area contributed by atoms with Gasteiger partial charge >= 0.3 is 0 Å². The second kappa shape index (κ2) is 6.58. The van der Waals surface area contributed by atoms with Crippen LogP contribution in [0.15, 0.2) is 48.5 Å². The monoisotopic (exact) mass is 269 g/mol. The number of ether oxygens (including phenoxy) is 1. The first-order valence-electron chi connectivity index (χ1n) is 7.13. The predicted molar refractivity (Wildman–Crippen MR) is 83.9 cm³/mol. The third-order valence-electron chi connectivity index (χ3n) is 3.44. The molecule has 0 radical (unpaired) electrons. The fourth-order valence-electron chi connectivity index (χ4n) is 2.05. The van der Waals surface area contributed by atoms with E-state index in [4.69, 9.17) is 10.5 Å². The maximum atomic E-state index is 5.88. The smallest absolute Gasteiger partial charge is 0.120 e. The van der Waals surface area contributed by atoms with E-state index in [0.717, 1.165) is 11.3 Å². The van der Waals surface area contributed by atoms with Crippen LogP contribution in [0.1, 0.15) is 49.4 Å². The molecular formula is C18H23NO. The summed E-state index contributed by atoms with van der Waals surface area (Å²) in [5.41, 5.74) is 9.51. The quantitative estimate of drug-likeness (QED) is 0.872. The number of rotatable bonds is 5. The second-order valence-electron chi connectivity index (χ2n) is 5.55. The zero-order valence-corrected chi connectivity index (χ0v) is 12.5. The molecule has 0 heterocycles. The van der Waals surface area contributed by atoms with Crippen LogP contribution < -0.4 is 10.5 Å². The Balaban J connectivity index is 1.99. The Kier molecular flexibility index (Phi) is 4.80. The molecule has 1 atom stereocenters. The highest BCUT2D eigenvalue weighted by Crippen LogP contribution is 2.19. The van der Waals surface area contributed by atoms with Gasteiger partial charge in [0.15, 0.2) is 0 Å². The minimum absolute atomic E-state index is 0.0314. The topological polar surface area (TPSA) is 35.2 Å². The molecule has 1 unspecified atom stereocenters. The summed E-state index contributed by atoms with van der Waals surface area (Å²) in [6.07, 6.45) is 0. The third-order valence-corrected chi connectivity index (χ3v) is 3.44. The fourth-order valence-corrected chi connectivity index (χ4v) is 2.05. The summed E-state index contributed by atoms with van der Waals surface area (Å²) in [7, 11) is 0. The molecule has 0 amide bonds. The lowest BCUT2D eigenvalue weighted by atomic mass is 10.0. The van der Waals surface area contributed by atoms with E-state index in [2.05, 4.69) is 38.1 Å². The normalized spacial score (nSPS) is 12.4. The van der Waals surface area contributed by atoms with Crippen LogP contribution in [0.4, 0.5) is 0 Å². The Bertz CT molecular complexity index is 544. The molecule has 0 aromatic heterocycles. The number of hydrogen-bond donors (Lipinski definition) is 1. The number of nitrogens with two attached hydrogens (primary N) is 1. The van der Waals surface area contributed by atoms with Crippen molar-refractivity contribution in [2.75, 3.05) is 0 Å². The SMILES string of the molecule is CC(C)c1ccc(COc2cccc(C(C)N)c2)cc1. The van der Waals surface area contributed by atoms with E-state index >= 15 is 0 Å². The van der Waals surface area contributed by atoms with Gasteiger partial charge in [-0.2, -0.15) is 0 Å². The van der Waals surface area contributed by atoms with Gasteiger partial charge < -0.3 is 10.5 Å². The van der Waals surface area contributed by atoms with Gasteiger partial charge in [0.05, 0.1) is 0 Å². The predicted octanol–water partition coefficient (Wildman–Crippen LogP) is 4.41. The van der Waals surface area contributed by atoms with E-state index in [9.17, 15) is 0 Å². The van der Waals surface area contributed by atoms with Crippen LogP contribution in [-0.2, 0) is 6.61 Å².